The van der Waals surface area contributed by atoms with Crippen LogP contribution in [0.4, 0.5) is 0 Å². The number of benzene rings is 1. The molecule has 0 aliphatic carbocycles. The van der Waals surface area contributed by atoms with Crippen LogP contribution in [0.1, 0.15) is 37.8 Å². The molecule has 2 aromatic rings. The average Bonchev–Trinajstić information content (AvgIpc) is 2.75. The zero-order valence-corrected chi connectivity index (χ0v) is 11.9. The Labute approximate surface area is 110 Å². The number of hydrogen-bond acceptors (Lipinski definition) is 1. The molecule has 18 heavy (non-hydrogen) atoms. The van der Waals surface area contributed by atoms with Gasteiger partial charge in [-0.3, -0.25) is 4.68 Å². The second-order valence-electron chi connectivity index (χ2n) is 5.46. The van der Waals surface area contributed by atoms with Gasteiger partial charge in [0.1, 0.15) is 0 Å². The third-order valence-electron chi connectivity index (χ3n) is 3.88. The van der Waals surface area contributed by atoms with E-state index in [1.54, 1.807) is 0 Å². The van der Waals surface area contributed by atoms with Gasteiger partial charge < -0.3 is 0 Å². The summed E-state index contributed by atoms with van der Waals surface area (Å²) in [6.07, 6.45) is 4.01. The van der Waals surface area contributed by atoms with Gasteiger partial charge >= 0.3 is 0 Å². The average molecular weight is 242 g/mol. The van der Waals surface area contributed by atoms with Crippen LogP contribution in [0.3, 0.4) is 0 Å². The first kappa shape index (κ1) is 12.9. The van der Waals surface area contributed by atoms with Gasteiger partial charge in [0.15, 0.2) is 0 Å². The Morgan fingerprint density at radius 3 is 2.44 bits per heavy atom. The van der Waals surface area contributed by atoms with E-state index in [1.165, 1.54) is 22.3 Å². The van der Waals surface area contributed by atoms with Crippen LogP contribution in [0.25, 0.3) is 11.1 Å². The zero-order valence-electron chi connectivity index (χ0n) is 11.9. The minimum atomic E-state index is 0.585. The summed E-state index contributed by atoms with van der Waals surface area (Å²) in [7, 11) is 1.96. The normalized spacial score (nSPS) is 13.0. The van der Waals surface area contributed by atoms with Gasteiger partial charge in [0, 0.05) is 18.8 Å². The van der Waals surface area contributed by atoms with Crippen molar-refractivity contribution >= 4 is 0 Å². The molecular formula is C16H22N2. The molecule has 1 unspecified atom stereocenters. The summed E-state index contributed by atoms with van der Waals surface area (Å²) in [5.74, 6) is 1.24. The fourth-order valence-corrected chi connectivity index (χ4v) is 2.38. The van der Waals surface area contributed by atoms with Crippen molar-refractivity contribution in [2.24, 2.45) is 13.0 Å². The molecule has 96 valence electrons. The SMILES string of the molecule is Cc1c(-c2cnn(C)c2)cccc1C(C)C(C)C. The minimum absolute atomic E-state index is 0.585. The maximum absolute atomic E-state index is 4.26. The van der Waals surface area contributed by atoms with Gasteiger partial charge in [-0.2, -0.15) is 5.10 Å². The lowest BCUT2D eigenvalue weighted by Gasteiger charge is -2.20. The van der Waals surface area contributed by atoms with E-state index in [0.29, 0.717) is 11.8 Å². The van der Waals surface area contributed by atoms with Crippen LogP contribution in [-0.4, -0.2) is 9.78 Å². The molecule has 0 saturated heterocycles. The highest BCUT2D eigenvalue weighted by Gasteiger charge is 2.15. The van der Waals surface area contributed by atoms with E-state index in [2.05, 4.69) is 57.2 Å². The van der Waals surface area contributed by atoms with Crippen LogP contribution in [0, 0.1) is 12.8 Å². The van der Waals surface area contributed by atoms with E-state index in [4.69, 9.17) is 0 Å². The highest BCUT2D eigenvalue weighted by Crippen LogP contribution is 2.32. The van der Waals surface area contributed by atoms with Crippen LogP contribution in [0.15, 0.2) is 30.6 Å². The van der Waals surface area contributed by atoms with Crippen molar-refractivity contribution in [1.82, 2.24) is 9.78 Å². The Kier molecular flexibility index (Phi) is 3.55. The lowest BCUT2D eigenvalue weighted by Crippen LogP contribution is -2.04. The summed E-state index contributed by atoms with van der Waals surface area (Å²) in [5.41, 5.74) is 5.33. The highest BCUT2D eigenvalue weighted by molar-refractivity contribution is 5.67. The van der Waals surface area contributed by atoms with E-state index in [1.807, 2.05) is 17.9 Å². The van der Waals surface area contributed by atoms with Crippen LogP contribution >= 0.6 is 0 Å². The van der Waals surface area contributed by atoms with Crippen molar-refractivity contribution in [3.05, 3.63) is 41.7 Å². The van der Waals surface area contributed by atoms with Gasteiger partial charge in [-0.1, -0.05) is 39.0 Å². The third kappa shape index (κ3) is 2.33. The van der Waals surface area contributed by atoms with Gasteiger partial charge in [-0.25, -0.2) is 0 Å². The Morgan fingerprint density at radius 2 is 1.89 bits per heavy atom. The molecule has 0 bridgehead atoms. The summed E-state index contributed by atoms with van der Waals surface area (Å²) < 4.78 is 1.85. The van der Waals surface area contributed by atoms with Crippen molar-refractivity contribution in [3.63, 3.8) is 0 Å². The Balaban J connectivity index is 2.48. The highest BCUT2D eigenvalue weighted by atomic mass is 15.2. The third-order valence-corrected chi connectivity index (χ3v) is 3.88. The van der Waals surface area contributed by atoms with Gasteiger partial charge in [0.2, 0.25) is 0 Å². The van der Waals surface area contributed by atoms with Gasteiger partial charge in [0.05, 0.1) is 6.20 Å². The Bertz CT molecular complexity index is 538. The van der Waals surface area contributed by atoms with E-state index < -0.39 is 0 Å². The molecule has 1 heterocycles. The summed E-state index contributed by atoms with van der Waals surface area (Å²) in [4.78, 5) is 0. The van der Waals surface area contributed by atoms with Gasteiger partial charge in [0.25, 0.3) is 0 Å². The Hall–Kier alpha value is -1.57. The molecule has 0 saturated carbocycles. The molecule has 1 aromatic heterocycles. The number of hydrogen-bond donors (Lipinski definition) is 0. The van der Waals surface area contributed by atoms with Gasteiger partial charge in [-0.05, 0) is 35.4 Å². The van der Waals surface area contributed by atoms with Crippen molar-refractivity contribution in [2.45, 2.75) is 33.6 Å². The molecule has 0 spiro atoms. The molecule has 2 heteroatoms. The van der Waals surface area contributed by atoms with E-state index in [-0.39, 0.29) is 0 Å². The largest absolute Gasteiger partial charge is 0.275 e. The smallest absolute Gasteiger partial charge is 0.0568 e. The second kappa shape index (κ2) is 4.97. The van der Waals surface area contributed by atoms with Crippen molar-refractivity contribution in [1.29, 1.82) is 0 Å². The molecule has 0 N–H and O–H groups in total. The predicted octanol–water partition coefficient (Wildman–Crippen LogP) is 4.16. The molecule has 1 aromatic carbocycles. The standard InChI is InChI=1S/C16H22N2/c1-11(2)12(3)15-7-6-8-16(13(15)4)14-9-17-18(5)10-14/h6-12H,1-5H3. The van der Waals surface area contributed by atoms with Crippen LogP contribution in [-0.2, 0) is 7.05 Å². The molecule has 1 atom stereocenters. The monoisotopic (exact) mass is 242 g/mol. The van der Waals surface area contributed by atoms with Crippen LogP contribution in [0.2, 0.25) is 0 Å². The second-order valence-corrected chi connectivity index (χ2v) is 5.46. The lowest BCUT2D eigenvalue weighted by molar-refractivity contribution is 0.533. The summed E-state index contributed by atoms with van der Waals surface area (Å²) in [6.45, 7) is 9.08. The molecule has 0 aliphatic heterocycles. The van der Waals surface area contributed by atoms with Crippen LogP contribution < -0.4 is 0 Å². The molecule has 0 radical (unpaired) electrons. The first-order valence-corrected chi connectivity index (χ1v) is 6.59. The van der Waals surface area contributed by atoms with Crippen LogP contribution in [0.5, 0.6) is 0 Å². The summed E-state index contributed by atoms with van der Waals surface area (Å²) in [6, 6.07) is 6.59. The van der Waals surface area contributed by atoms with Crippen molar-refractivity contribution in [3.8, 4) is 11.1 Å². The molecule has 0 amide bonds. The topological polar surface area (TPSA) is 17.8 Å². The maximum atomic E-state index is 4.26. The lowest BCUT2D eigenvalue weighted by atomic mass is 9.85. The fraction of sp³-hybridized carbons (Fsp3) is 0.438. The van der Waals surface area contributed by atoms with E-state index in [9.17, 15) is 0 Å². The molecule has 0 aliphatic rings. The molecule has 2 nitrogen and oxygen atoms in total. The molecule has 2 rings (SSSR count). The Morgan fingerprint density at radius 1 is 1.17 bits per heavy atom. The number of rotatable bonds is 3. The maximum Gasteiger partial charge on any atom is 0.0568 e. The number of nitrogens with zero attached hydrogens (tertiary/aromatic N) is 2. The minimum Gasteiger partial charge on any atom is -0.275 e. The zero-order chi connectivity index (χ0) is 13.3. The van der Waals surface area contributed by atoms with E-state index >= 15 is 0 Å². The van der Waals surface area contributed by atoms with E-state index in [0.717, 1.165) is 0 Å². The summed E-state index contributed by atoms with van der Waals surface area (Å²) in [5, 5.41) is 4.26. The van der Waals surface area contributed by atoms with Gasteiger partial charge in [-0.15, -0.1) is 0 Å². The first-order chi connectivity index (χ1) is 8.50. The summed E-state index contributed by atoms with van der Waals surface area (Å²) >= 11 is 0. The predicted molar refractivity (Wildman–Crippen MR) is 76.6 cm³/mol. The number of aryl methyl sites for hydroxylation is 1. The number of aromatic nitrogens is 2. The van der Waals surface area contributed by atoms with Crippen molar-refractivity contribution < 1.29 is 0 Å². The van der Waals surface area contributed by atoms with Crippen molar-refractivity contribution in [2.75, 3.05) is 0 Å². The first-order valence-electron chi connectivity index (χ1n) is 6.59. The molecule has 0 fully saturated rings. The fourth-order valence-electron chi connectivity index (χ4n) is 2.38. The quantitative estimate of drug-likeness (QED) is 0.790. The molecular weight excluding hydrogens is 220 g/mol.